The van der Waals surface area contributed by atoms with Crippen molar-refractivity contribution in [3.63, 3.8) is 0 Å². The van der Waals surface area contributed by atoms with Gasteiger partial charge in [-0.3, -0.25) is 9.36 Å². The second kappa shape index (κ2) is 6.94. The second-order valence-electron chi connectivity index (χ2n) is 5.14. The summed E-state index contributed by atoms with van der Waals surface area (Å²) in [4.78, 5) is 15.5. The van der Waals surface area contributed by atoms with Crippen molar-refractivity contribution in [1.82, 2.24) is 9.55 Å². The van der Waals surface area contributed by atoms with Crippen molar-refractivity contribution in [2.75, 3.05) is 5.32 Å². The van der Waals surface area contributed by atoms with E-state index in [4.69, 9.17) is 17.5 Å². The summed E-state index contributed by atoms with van der Waals surface area (Å²) in [5.41, 5.74) is 2.81. The van der Waals surface area contributed by atoms with E-state index < -0.39 is 0 Å². The summed E-state index contributed by atoms with van der Waals surface area (Å²) in [6.07, 6.45) is 1.94. The van der Waals surface area contributed by atoms with Crippen LogP contribution in [0.3, 0.4) is 0 Å². The summed E-state index contributed by atoms with van der Waals surface area (Å²) in [5.74, 6) is -0.265. The molecule has 3 aromatic rings. The molecule has 0 aliphatic heterocycles. The molecule has 0 fully saturated rings. The molecule has 5 nitrogen and oxygen atoms in total. The maximum atomic E-state index is 12.6. The van der Waals surface area contributed by atoms with E-state index in [9.17, 15) is 4.79 Å². The molecular weight excluding hydrogens is 320 g/mol. The lowest BCUT2D eigenvalue weighted by Gasteiger charge is -2.09. The molecule has 0 spiro atoms. The summed E-state index contributed by atoms with van der Waals surface area (Å²) in [6, 6.07) is 18.7. The molecule has 1 heterocycles. The van der Waals surface area contributed by atoms with E-state index in [0.29, 0.717) is 22.6 Å². The first-order chi connectivity index (χ1) is 11.7. The number of nitriles is 1. The third-order valence-corrected chi connectivity index (χ3v) is 3.82. The van der Waals surface area contributed by atoms with E-state index in [1.165, 1.54) is 0 Å². The smallest absolute Gasteiger partial charge is 0.274 e. The van der Waals surface area contributed by atoms with Crippen molar-refractivity contribution in [1.29, 1.82) is 5.26 Å². The van der Waals surface area contributed by atoms with Gasteiger partial charge in [0.25, 0.3) is 5.91 Å². The van der Waals surface area contributed by atoms with Crippen molar-refractivity contribution in [3.8, 4) is 11.8 Å². The van der Waals surface area contributed by atoms with E-state index in [2.05, 4.69) is 16.4 Å². The van der Waals surface area contributed by atoms with Gasteiger partial charge in [0.1, 0.15) is 5.69 Å². The number of anilines is 1. The topological polar surface area (TPSA) is 73.6 Å². The molecule has 0 radical (unpaired) electrons. The second-order valence-corrected chi connectivity index (χ2v) is 5.52. The van der Waals surface area contributed by atoms with Crippen molar-refractivity contribution >= 4 is 23.8 Å². The highest BCUT2D eigenvalue weighted by atomic mass is 32.1. The van der Waals surface area contributed by atoms with Crippen LogP contribution in [0.2, 0.25) is 0 Å². The Labute approximate surface area is 144 Å². The van der Waals surface area contributed by atoms with Gasteiger partial charge in [-0.15, -0.1) is 0 Å². The Hall–Kier alpha value is -3.17. The van der Waals surface area contributed by atoms with Gasteiger partial charge in [-0.2, -0.15) is 5.26 Å². The van der Waals surface area contributed by atoms with Crippen LogP contribution in [-0.2, 0) is 6.42 Å². The molecular formula is C18H14N4OS. The minimum Gasteiger partial charge on any atom is -0.336 e. The fourth-order valence-corrected chi connectivity index (χ4v) is 2.62. The number of aromatic amines is 1. The molecule has 2 N–H and O–H groups in total. The summed E-state index contributed by atoms with van der Waals surface area (Å²) >= 11 is 5.28. The van der Waals surface area contributed by atoms with Crippen LogP contribution < -0.4 is 5.32 Å². The third-order valence-electron chi connectivity index (χ3n) is 3.52. The highest BCUT2D eigenvalue weighted by Gasteiger charge is 2.14. The highest BCUT2D eigenvalue weighted by Crippen LogP contribution is 2.15. The zero-order valence-corrected chi connectivity index (χ0v) is 13.5. The third kappa shape index (κ3) is 3.26. The van der Waals surface area contributed by atoms with Gasteiger partial charge in [0.15, 0.2) is 4.77 Å². The lowest BCUT2D eigenvalue weighted by molar-refractivity contribution is 0.102. The van der Waals surface area contributed by atoms with Gasteiger partial charge in [-0.25, -0.2) is 0 Å². The quantitative estimate of drug-likeness (QED) is 0.712. The van der Waals surface area contributed by atoms with Crippen LogP contribution in [0.1, 0.15) is 16.1 Å². The van der Waals surface area contributed by atoms with E-state index in [0.717, 1.165) is 11.3 Å². The number of carbonyl (C=O) groups is 1. The zero-order chi connectivity index (χ0) is 16.9. The molecule has 1 amide bonds. The molecule has 0 saturated carbocycles. The highest BCUT2D eigenvalue weighted by molar-refractivity contribution is 7.71. The van der Waals surface area contributed by atoms with E-state index in [1.807, 2.05) is 42.5 Å². The molecule has 2 aromatic carbocycles. The zero-order valence-electron chi connectivity index (χ0n) is 12.7. The number of rotatable bonds is 4. The summed E-state index contributed by atoms with van der Waals surface area (Å²) < 4.78 is 2.14. The monoisotopic (exact) mass is 334 g/mol. The standard InChI is InChI=1S/C18H14N4OS/c19-11-10-13-6-8-14(9-7-13)21-17(23)16-12-20-18(24)22(16)15-4-2-1-3-5-15/h1-9,12H,10H2,(H,20,24)(H,21,23). The number of carbonyl (C=O) groups excluding carboxylic acids is 1. The predicted molar refractivity (Wildman–Crippen MR) is 94.7 cm³/mol. The van der Waals surface area contributed by atoms with Crippen LogP contribution in [0, 0.1) is 16.1 Å². The average molecular weight is 334 g/mol. The molecule has 0 bridgehead atoms. The van der Waals surface area contributed by atoms with E-state index >= 15 is 0 Å². The number of para-hydroxylation sites is 1. The first-order valence-electron chi connectivity index (χ1n) is 7.32. The predicted octanol–water partition coefficient (Wildman–Crippen LogP) is 3.85. The van der Waals surface area contributed by atoms with Gasteiger partial charge in [-0.1, -0.05) is 30.3 Å². The van der Waals surface area contributed by atoms with Gasteiger partial charge in [-0.05, 0) is 42.0 Å². The minimum absolute atomic E-state index is 0.265. The Morgan fingerprint density at radius 1 is 1.17 bits per heavy atom. The number of amides is 1. The van der Waals surface area contributed by atoms with Gasteiger partial charge in [0.2, 0.25) is 0 Å². The normalized spacial score (nSPS) is 10.1. The molecule has 0 unspecified atom stereocenters. The molecule has 6 heteroatoms. The van der Waals surface area contributed by atoms with Gasteiger partial charge < -0.3 is 10.3 Å². The van der Waals surface area contributed by atoms with Gasteiger partial charge in [0, 0.05) is 17.6 Å². The molecule has 0 aliphatic rings. The van der Waals surface area contributed by atoms with Crippen LogP contribution >= 0.6 is 12.2 Å². The van der Waals surface area contributed by atoms with Crippen molar-refractivity contribution in [2.45, 2.75) is 6.42 Å². The van der Waals surface area contributed by atoms with Crippen LogP contribution in [0.25, 0.3) is 5.69 Å². The number of nitrogens with zero attached hydrogens (tertiary/aromatic N) is 2. The van der Waals surface area contributed by atoms with Crippen LogP contribution in [0.5, 0.6) is 0 Å². The fourth-order valence-electron chi connectivity index (χ4n) is 2.36. The minimum atomic E-state index is -0.265. The Morgan fingerprint density at radius 2 is 1.88 bits per heavy atom. The van der Waals surface area contributed by atoms with Crippen LogP contribution in [0.4, 0.5) is 5.69 Å². The van der Waals surface area contributed by atoms with Crippen molar-refractivity contribution < 1.29 is 4.79 Å². The number of H-pyrrole nitrogens is 1. The van der Waals surface area contributed by atoms with Crippen LogP contribution in [0.15, 0.2) is 60.8 Å². The first kappa shape index (κ1) is 15.7. The maximum Gasteiger partial charge on any atom is 0.274 e. The fraction of sp³-hybridized carbons (Fsp3) is 0.0556. The molecule has 0 aliphatic carbocycles. The SMILES string of the molecule is N#CCc1ccc(NC(=O)c2c[nH]c(=S)n2-c2ccccc2)cc1. The largest absolute Gasteiger partial charge is 0.336 e. The number of imidazole rings is 1. The first-order valence-corrected chi connectivity index (χ1v) is 7.73. The number of aromatic nitrogens is 2. The molecule has 0 atom stereocenters. The molecule has 118 valence electrons. The van der Waals surface area contributed by atoms with Crippen molar-refractivity contribution in [3.05, 3.63) is 76.8 Å². The summed E-state index contributed by atoms with van der Waals surface area (Å²) in [7, 11) is 0. The molecule has 0 saturated heterocycles. The Balaban J connectivity index is 1.86. The van der Waals surface area contributed by atoms with E-state index in [1.54, 1.807) is 22.9 Å². The summed E-state index contributed by atoms with van der Waals surface area (Å²) in [6.45, 7) is 0. The van der Waals surface area contributed by atoms with Crippen molar-refractivity contribution in [2.24, 2.45) is 0 Å². The number of benzene rings is 2. The number of hydrogen-bond acceptors (Lipinski definition) is 3. The number of nitrogens with one attached hydrogen (secondary N) is 2. The molecule has 24 heavy (non-hydrogen) atoms. The molecule has 3 rings (SSSR count). The lowest BCUT2D eigenvalue weighted by Crippen LogP contribution is -2.16. The maximum absolute atomic E-state index is 12.6. The van der Waals surface area contributed by atoms with Crippen LogP contribution in [-0.4, -0.2) is 15.5 Å². The average Bonchev–Trinajstić information content (AvgIpc) is 2.99. The Bertz CT molecular complexity index is 949. The number of hydrogen-bond donors (Lipinski definition) is 2. The Morgan fingerprint density at radius 3 is 2.54 bits per heavy atom. The molecule has 1 aromatic heterocycles. The van der Waals surface area contributed by atoms with Gasteiger partial charge in [0.05, 0.1) is 12.5 Å². The summed E-state index contributed by atoms with van der Waals surface area (Å²) in [5, 5.41) is 11.5. The lowest BCUT2D eigenvalue weighted by atomic mass is 10.1. The van der Waals surface area contributed by atoms with E-state index in [-0.39, 0.29) is 5.91 Å². The Kier molecular flexibility index (Phi) is 4.54. The van der Waals surface area contributed by atoms with Gasteiger partial charge >= 0.3 is 0 Å².